The van der Waals surface area contributed by atoms with Crippen LogP contribution in [0.1, 0.15) is 65.7 Å². The van der Waals surface area contributed by atoms with Crippen molar-refractivity contribution < 1.29 is 41.9 Å². The van der Waals surface area contributed by atoms with Gasteiger partial charge in [0.2, 0.25) is 5.91 Å². The third-order valence-electron chi connectivity index (χ3n) is 9.35. The molecule has 0 unspecified atom stereocenters. The van der Waals surface area contributed by atoms with E-state index in [1.54, 1.807) is 12.1 Å². The summed E-state index contributed by atoms with van der Waals surface area (Å²) in [6.07, 6.45) is 5.17. The first-order valence-electron chi connectivity index (χ1n) is 17.2. The standard InChI is InChI=1S/C36H47F2N6O7PS/c1-34(2,3)36(35(4,5)6,51-52(46,47)48)30-10-8-11-44(30)12-9-13-50-29-19-27-26(18-28(29)49-7)32(41-21-40-27)43-33-39-20-25(53-33)17-31(45)42-24-15-22(37)14-23(38)16-24/h14-16,18-21,30H,8-13,17H2,1-7H3,(H,42,45)(H2,46,47,48)(H,39,40,41,43)/t30-/m0/s1. The van der Waals surface area contributed by atoms with E-state index in [1.165, 1.54) is 31.0 Å². The van der Waals surface area contributed by atoms with Crippen molar-refractivity contribution in [2.75, 3.05) is 37.4 Å². The molecule has 17 heteroatoms. The monoisotopic (exact) mass is 776 g/mol. The number of phosphoric acid groups is 1. The summed E-state index contributed by atoms with van der Waals surface area (Å²) < 4.78 is 57.1. The van der Waals surface area contributed by atoms with Crippen LogP contribution in [0, 0.1) is 22.5 Å². The van der Waals surface area contributed by atoms with Crippen LogP contribution in [0.2, 0.25) is 0 Å². The van der Waals surface area contributed by atoms with E-state index in [1.807, 2.05) is 41.5 Å². The second-order valence-electron chi connectivity index (χ2n) is 15.1. The molecule has 0 saturated carbocycles. The second-order valence-corrected chi connectivity index (χ2v) is 17.4. The first kappa shape index (κ1) is 40.4. The Balaban J connectivity index is 1.24. The van der Waals surface area contributed by atoms with Gasteiger partial charge in [-0.05, 0) is 54.8 Å². The molecule has 288 valence electrons. The molecule has 5 rings (SSSR count). The Labute approximate surface area is 311 Å². The molecular weight excluding hydrogens is 729 g/mol. The molecule has 1 fully saturated rings. The van der Waals surface area contributed by atoms with Crippen LogP contribution < -0.4 is 20.1 Å². The topological polar surface area (TPSA) is 168 Å². The summed E-state index contributed by atoms with van der Waals surface area (Å²) in [7, 11) is -3.28. The summed E-state index contributed by atoms with van der Waals surface area (Å²) in [4.78, 5) is 48.7. The number of nitrogens with one attached hydrogen (secondary N) is 2. The van der Waals surface area contributed by atoms with Crippen LogP contribution >= 0.6 is 19.2 Å². The number of aromatic nitrogens is 3. The van der Waals surface area contributed by atoms with Gasteiger partial charge in [0.25, 0.3) is 0 Å². The van der Waals surface area contributed by atoms with Crippen molar-refractivity contribution in [2.24, 2.45) is 10.8 Å². The molecule has 0 spiro atoms. The number of hydrogen-bond donors (Lipinski definition) is 4. The molecular formula is C36H47F2N6O7PS. The van der Waals surface area contributed by atoms with E-state index < -0.39 is 41.8 Å². The van der Waals surface area contributed by atoms with Crippen molar-refractivity contribution >= 4 is 52.6 Å². The molecule has 0 radical (unpaired) electrons. The molecule has 1 atom stereocenters. The normalized spacial score (nSPS) is 15.9. The van der Waals surface area contributed by atoms with Gasteiger partial charge in [0.15, 0.2) is 16.6 Å². The Morgan fingerprint density at radius 2 is 1.72 bits per heavy atom. The number of amides is 1. The summed E-state index contributed by atoms with van der Waals surface area (Å²) >= 11 is 1.23. The largest absolute Gasteiger partial charge is 0.493 e. The summed E-state index contributed by atoms with van der Waals surface area (Å²) in [6, 6.07) is 6.12. The van der Waals surface area contributed by atoms with Crippen LogP contribution in [0.15, 0.2) is 42.9 Å². The van der Waals surface area contributed by atoms with Gasteiger partial charge < -0.3 is 29.9 Å². The Morgan fingerprint density at radius 1 is 1.02 bits per heavy atom. The van der Waals surface area contributed by atoms with E-state index in [-0.39, 0.29) is 18.2 Å². The maximum absolute atomic E-state index is 13.5. The van der Waals surface area contributed by atoms with Gasteiger partial charge in [0.05, 0.1) is 25.7 Å². The highest BCUT2D eigenvalue weighted by Crippen LogP contribution is 2.59. The molecule has 0 bridgehead atoms. The quantitative estimate of drug-likeness (QED) is 0.0738. The number of anilines is 3. The predicted octanol–water partition coefficient (Wildman–Crippen LogP) is 7.47. The van der Waals surface area contributed by atoms with Gasteiger partial charge in [0, 0.05) is 46.9 Å². The predicted molar refractivity (Wildman–Crippen MR) is 200 cm³/mol. The number of phosphoric ester groups is 1. The van der Waals surface area contributed by atoms with E-state index in [4.69, 9.17) is 14.0 Å². The van der Waals surface area contributed by atoms with Gasteiger partial charge >= 0.3 is 7.82 Å². The van der Waals surface area contributed by atoms with Crippen LogP contribution in [0.25, 0.3) is 10.9 Å². The van der Waals surface area contributed by atoms with Crippen LogP contribution in [-0.4, -0.2) is 74.0 Å². The number of fused-ring (bicyclic) bond motifs is 1. The molecule has 4 aromatic rings. The summed E-state index contributed by atoms with van der Waals surface area (Å²) in [6.45, 7) is 13.6. The minimum atomic E-state index is -4.82. The van der Waals surface area contributed by atoms with Crippen molar-refractivity contribution in [3.8, 4) is 11.5 Å². The number of carbonyl (C=O) groups is 1. The van der Waals surface area contributed by atoms with Gasteiger partial charge in [-0.3, -0.25) is 14.2 Å². The molecule has 1 saturated heterocycles. The lowest BCUT2D eigenvalue weighted by molar-refractivity contribution is -0.168. The zero-order valence-electron chi connectivity index (χ0n) is 30.9. The molecule has 1 aliphatic heterocycles. The number of likely N-dealkylation sites (tertiary alicyclic amines) is 1. The fourth-order valence-electron chi connectivity index (χ4n) is 7.62. The molecule has 0 aliphatic carbocycles. The number of nitrogens with zero attached hydrogens (tertiary/aromatic N) is 4. The third-order valence-corrected chi connectivity index (χ3v) is 10.8. The van der Waals surface area contributed by atoms with Crippen LogP contribution in [0.5, 0.6) is 11.5 Å². The zero-order chi connectivity index (χ0) is 38.8. The number of methoxy groups -OCH3 is 1. The number of rotatable bonds is 14. The zero-order valence-corrected chi connectivity index (χ0v) is 32.6. The van der Waals surface area contributed by atoms with Crippen LogP contribution in [-0.2, 0) is 20.3 Å². The van der Waals surface area contributed by atoms with Crippen molar-refractivity contribution in [1.29, 1.82) is 0 Å². The summed E-state index contributed by atoms with van der Waals surface area (Å²) in [5, 5.41) is 6.78. The van der Waals surface area contributed by atoms with Crippen molar-refractivity contribution in [2.45, 2.75) is 78.9 Å². The van der Waals surface area contributed by atoms with Crippen molar-refractivity contribution in [1.82, 2.24) is 19.9 Å². The van der Waals surface area contributed by atoms with Crippen molar-refractivity contribution in [3.63, 3.8) is 0 Å². The van der Waals surface area contributed by atoms with Gasteiger partial charge in [-0.25, -0.2) is 28.3 Å². The molecule has 13 nitrogen and oxygen atoms in total. The number of halogens is 2. The second kappa shape index (κ2) is 15.9. The number of carbonyl (C=O) groups excluding carboxylic acids is 1. The lowest BCUT2D eigenvalue weighted by Gasteiger charge is -2.57. The Hall–Kier alpha value is -3.79. The van der Waals surface area contributed by atoms with Crippen molar-refractivity contribution in [3.05, 3.63) is 59.4 Å². The average Bonchev–Trinajstić information content (AvgIpc) is 3.69. The minimum Gasteiger partial charge on any atom is -0.493 e. The maximum Gasteiger partial charge on any atom is 0.470 e. The number of hydrogen-bond acceptors (Lipinski definition) is 11. The van der Waals surface area contributed by atoms with E-state index in [0.29, 0.717) is 57.8 Å². The minimum absolute atomic E-state index is 0.0229. The van der Waals surface area contributed by atoms with E-state index in [2.05, 4.69) is 30.5 Å². The van der Waals surface area contributed by atoms with Crippen LogP contribution in [0.4, 0.5) is 25.4 Å². The molecule has 1 amide bonds. The van der Waals surface area contributed by atoms with E-state index >= 15 is 0 Å². The first-order valence-corrected chi connectivity index (χ1v) is 19.6. The van der Waals surface area contributed by atoms with Gasteiger partial charge in [0.1, 0.15) is 29.4 Å². The highest BCUT2D eigenvalue weighted by Gasteiger charge is 2.61. The average molecular weight is 777 g/mol. The van der Waals surface area contributed by atoms with Gasteiger partial charge in [-0.15, -0.1) is 11.3 Å². The molecule has 53 heavy (non-hydrogen) atoms. The highest BCUT2D eigenvalue weighted by atomic mass is 32.1. The number of ether oxygens (including phenoxy) is 2. The Bertz CT molecular complexity index is 1950. The Morgan fingerprint density at radius 3 is 2.36 bits per heavy atom. The lowest BCUT2D eigenvalue weighted by Crippen LogP contribution is -2.65. The van der Waals surface area contributed by atoms with Gasteiger partial charge in [-0.1, -0.05) is 41.5 Å². The first-order chi connectivity index (χ1) is 24.8. The van der Waals surface area contributed by atoms with E-state index in [0.717, 1.165) is 37.6 Å². The maximum atomic E-state index is 13.5. The Kier molecular flexibility index (Phi) is 12.1. The number of benzene rings is 2. The van der Waals surface area contributed by atoms with Gasteiger partial charge in [-0.2, -0.15) is 0 Å². The third kappa shape index (κ3) is 9.48. The fraction of sp³-hybridized carbons (Fsp3) is 0.500. The lowest BCUT2D eigenvalue weighted by atomic mass is 9.58. The molecule has 4 N–H and O–H groups in total. The van der Waals surface area contributed by atoms with E-state index in [9.17, 15) is 27.9 Å². The number of thiazole rings is 1. The highest BCUT2D eigenvalue weighted by molar-refractivity contribution is 7.46. The summed E-state index contributed by atoms with van der Waals surface area (Å²) in [5.74, 6) is -0.614. The molecule has 3 heterocycles. The molecule has 1 aliphatic rings. The SMILES string of the molecule is COc1cc2c(Nc3ncc(CC(=O)Nc4cc(F)cc(F)c4)s3)ncnc2cc1OCCCN1CCC[C@H]1C(OP(=O)(O)O)(C(C)(C)C)C(C)(C)C. The van der Waals surface area contributed by atoms with Crippen LogP contribution in [0.3, 0.4) is 0 Å². The molecule has 2 aromatic heterocycles. The summed E-state index contributed by atoms with van der Waals surface area (Å²) in [5.41, 5.74) is -1.70. The fourth-order valence-corrected chi connectivity index (χ4v) is 9.48. The molecule has 2 aromatic carbocycles. The smallest absolute Gasteiger partial charge is 0.470 e.